The summed E-state index contributed by atoms with van der Waals surface area (Å²) >= 11 is 1.86. The molecule has 0 fully saturated rings. The highest BCUT2D eigenvalue weighted by Gasteiger charge is 1.99. The third kappa shape index (κ3) is 3.83. The number of aromatic nitrogens is 2. The number of hydrogen-bond donors (Lipinski definition) is 2. The third-order valence-electron chi connectivity index (χ3n) is 1.91. The van der Waals surface area contributed by atoms with Crippen molar-refractivity contribution in [3.05, 3.63) is 12.4 Å². The lowest BCUT2D eigenvalue weighted by Gasteiger charge is -2.08. The van der Waals surface area contributed by atoms with Crippen LogP contribution in [-0.2, 0) is 0 Å². The van der Waals surface area contributed by atoms with Gasteiger partial charge in [-0.1, -0.05) is 6.92 Å². The molecule has 0 saturated carbocycles. The van der Waals surface area contributed by atoms with Gasteiger partial charge in [0.2, 0.25) is 5.95 Å². The summed E-state index contributed by atoms with van der Waals surface area (Å²) in [6.45, 7) is 3.10. The number of nitrogen functional groups attached to an aromatic ring is 1. The summed E-state index contributed by atoms with van der Waals surface area (Å²) < 4.78 is 0. The first-order valence-electron chi connectivity index (χ1n) is 4.56. The topological polar surface area (TPSA) is 63.8 Å². The highest BCUT2D eigenvalue weighted by molar-refractivity contribution is 7.99. The van der Waals surface area contributed by atoms with E-state index in [4.69, 9.17) is 5.73 Å². The number of rotatable bonds is 5. The zero-order valence-electron chi connectivity index (χ0n) is 8.53. The molecule has 14 heavy (non-hydrogen) atoms. The molecule has 0 radical (unpaired) electrons. The molecule has 3 N–H and O–H groups in total. The van der Waals surface area contributed by atoms with Gasteiger partial charge in [0.15, 0.2) is 0 Å². The largest absolute Gasteiger partial charge is 0.396 e. The molecule has 1 atom stereocenters. The molecule has 4 nitrogen and oxygen atoms in total. The van der Waals surface area contributed by atoms with Crippen molar-refractivity contribution in [2.24, 2.45) is 0 Å². The highest BCUT2D eigenvalue weighted by atomic mass is 32.2. The summed E-state index contributed by atoms with van der Waals surface area (Å²) in [6, 6.07) is 0. The van der Waals surface area contributed by atoms with Crippen LogP contribution in [0.2, 0.25) is 0 Å². The van der Waals surface area contributed by atoms with Crippen LogP contribution in [0.1, 0.15) is 13.3 Å². The van der Waals surface area contributed by atoms with E-state index < -0.39 is 0 Å². The van der Waals surface area contributed by atoms with Crippen LogP contribution in [0, 0.1) is 0 Å². The number of anilines is 2. The molecular weight excluding hydrogens is 196 g/mol. The molecule has 0 spiro atoms. The zero-order valence-corrected chi connectivity index (χ0v) is 9.34. The zero-order chi connectivity index (χ0) is 10.4. The number of thioether (sulfide) groups is 1. The van der Waals surface area contributed by atoms with Crippen LogP contribution in [0.25, 0.3) is 0 Å². The van der Waals surface area contributed by atoms with Gasteiger partial charge in [-0.2, -0.15) is 11.8 Å². The normalized spacial score (nSPS) is 12.4. The monoisotopic (exact) mass is 212 g/mol. The first-order chi connectivity index (χ1) is 6.72. The van der Waals surface area contributed by atoms with Crippen molar-refractivity contribution in [2.45, 2.75) is 18.6 Å². The minimum absolute atomic E-state index is 0.591. The van der Waals surface area contributed by atoms with E-state index >= 15 is 0 Å². The average molecular weight is 212 g/mol. The molecular formula is C9H16N4S. The first-order valence-corrected chi connectivity index (χ1v) is 5.85. The van der Waals surface area contributed by atoms with Gasteiger partial charge in [-0.05, 0) is 12.7 Å². The van der Waals surface area contributed by atoms with Gasteiger partial charge < -0.3 is 11.1 Å². The molecule has 0 bridgehead atoms. The summed E-state index contributed by atoms with van der Waals surface area (Å²) in [7, 11) is 0. The Morgan fingerprint density at radius 3 is 2.71 bits per heavy atom. The molecule has 5 heteroatoms. The van der Waals surface area contributed by atoms with Gasteiger partial charge in [0, 0.05) is 11.8 Å². The number of nitrogens with one attached hydrogen (secondary N) is 1. The Kier molecular flexibility index (Phi) is 4.52. The number of nitrogens with two attached hydrogens (primary N) is 1. The van der Waals surface area contributed by atoms with E-state index in [2.05, 4.69) is 28.5 Å². The molecule has 1 rings (SSSR count). The minimum Gasteiger partial charge on any atom is -0.396 e. The average Bonchev–Trinajstić information content (AvgIpc) is 2.21. The molecule has 1 aromatic rings. The van der Waals surface area contributed by atoms with Crippen LogP contribution in [0.15, 0.2) is 12.4 Å². The molecule has 0 aromatic carbocycles. The second kappa shape index (κ2) is 5.70. The lowest BCUT2D eigenvalue weighted by atomic mass is 10.3. The van der Waals surface area contributed by atoms with E-state index in [1.807, 2.05) is 11.8 Å². The molecule has 1 unspecified atom stereocenters. The Labute approximate surface area is 88.7 Å². The van der Waals surface area contributed by atoms with Crippen molar-refractivity contribution in [1.29, 1.82) is 0 Å². The smallest absolute Gasteiger partial charge is 0.222 e. The minimum atomic E-state index is 0.591. The Balaban J connectivity index is 2.28. The van der Waals surface area contributed by atoms with Gasteiger partial charge >= 0.3 is 0 Å². The van der Waals surface area contributed by atoms with Gasteiger partial charge in [-0.3, -0.25) is 0 Å². The molecule has 0 aliphatic carbocycles. The summed E-state index contributed by atoms with van der Waals surface area (Å²) in [6.07, 6.45) is 6.43. The lowest BCUT2D eigenvalue weighted by Crippen LogP contribution is -2.09. The Bertz CT molecular complexity index is 262. The summed E-state index contributed by atoms with van der Waals surface area (Å²) in [5, 5.41) is 3.81. The fraction of sp³-hybridized carbons (Fsp3) is 0.556. The van der Waals surface area contributed by atoms with Crippen LogP contribution in [0.4, 0.5) is 11.6 Å². The maximum absolute atomic E-state index is 5.47. The summed E-state index contributed by atoms with van der Waals surface area (Å²) in [4.78, 5) is 8.09. The fourth-order valence-electron chi connectivity index (χ4n) is 0.934. The van der Waals surface area contributed by atoms with E-state index in [-0.39, 0.29) is 0 Å². The van der Waals surface area contributed by atoms with E-state index in [1.165, 1.54) is 0 Å². The third-order valence-corrected chi connectivity index (χ3v) is 2.95. The second-order valence-corrected chi connectivity index (χ2v) is 4.38. The first kappa shape index (κ1) is 11.1. The summed E-state index contributed by atoms with van der Waals surface area (Å²) in [5.74, 6) is 0.646. The predicted molar refractivity (Wildman–Crippen MR) is 62.5 cm³/mol. The van der Waals surface area contributed by atoms with E-state index in [1.54, 1.807) is 12.4 Å². The van der Waals surface area contributed by atoms with Crippen LogP contribution in [-0.4, -0.2) is 28.0 Å². The van der Waals surface area contributed by atoms with Crippen molar-refractivity contribution in [2.75, 3.05) is 23.9 Å². The molecule has 0 amide bonds. The van der Waals surface area contributed by atoms with Crippen molar-refractivity contribution in [1.82, 2.24) is 9.97 Å². The SMILES string of the molecule is CSC(C)CCNc1ncc(N)cn1. The molecule has 78 valence electrons. The van der Waals surface area contributed by atoms with Crippen LogP contribution >= 0.6 is 11.8 Å². The number of nitrogens with zero attached hydrogens (tertiary/aromatic N) is 2. The molecule has 1 heterocycles. The van der Waals surface area contributed by atoms with Gasteiger partial charge in [-0.25, -0.2) is 9.97 Å². The maximum atomic E-state index is 5.47. The van der Waals surface area contributed by atoms with Crippen LogP contribution in [0.3, 0.4) is 0 Å². The van der Waals surface area contributed by atoms with Gasteiger partial charge in [0.25, 0.3) is 0 Å². The maximum Gasteiger partial charge on any atom is 0.222 e. The highest BCUT2D eigenvalue weighted by Crippen LogP contribution is 2.09. The van der Waals surface area contributed by atoms with Crippen molar-refractivity contribution in [3.8, 4) is 0 Å². The van der Waals surface area contributed by atoms with E-state index in [0.717, 1.165) is 13.0 Å². The predicted octanol–water partition coefficient (Wildman–Crippen LogP) is 1.61. The van der Waals surface area contributed by atoms with Crippen molar-refractivity contribution < 1.29 is 0 Å². The lowest BCUT2D eigenvalue weighted by molar-refractivity contribution is 0.844. The fourth-order valence-corrected chi connectivity index (χ4v) is 1.29. The number of hydrogen-bond acceptors (Lipinski definition) is 5. The molecule has 0 saturated heterocycles. The standard InChI is InChI=1S/C9H16N4S/c1-7(14-2)3-4-11-9-12-5-8(10)6-13-9/h5-7H,3-4,10H2,1-2H3,(H,11,12,13). The Morgan fingerprint density at radius 1 is 1.50 bits per heavy atom. The molecule has 1 aromatic heterocycles. The van der Waals surface area contributed by atoms with Crippen LogP contribution in [0.5, 0.6) is 0 Å². The summed E-state index contributed by atoms with van der Waals surface area (Å²) in [5.41, 5.74) is 6.06. The Morgan fingerprint density at radius 2 is 2.14 bits per heavy atom. The van der Waals surface area contributed by atoms with Gasteiger partial charge in [-0.15, -0.1) is 0 Å². The molecule has 0 aliphatic heterocycles. The van der Waals surface area contributed by atoms with E-state index in [9.17, 15) is 0 Å². The van der Waals surface area contributed by atoms with Gasteiger partial charge in [0.05, 0.1) is 18.1 Å². The van der Waals surface area contributed by atoms with Crippen LogP contribution < -0.4 is 11.1 Å². The van der Waals surface area contributed by atoms with Crippen molar-refractivity contribution in [3.63, 3.8) is 0 Å². The molecule has 0 aliphatic rings. The van der Waals surface area contributed by atoms with Crippen molar-refractivity contribution >= 4 is 23.4 Å². The quantitative estimate of drug-likeness (QED) is 0.776. The second-order valence-electron chi connectivity index (χ2n) is 3.10. The van der Waals surface area contributed by atoms with Gasteiger partial charge in [0.1, 0.15) is 0 Å². The Hall–Kier alpha value is -0.970. The van der Waals surface area contributed by atoms with E-state index in [0.29, 0.717) is 16.9 Å².